The molecule has 0 aliphatic rings. The summed E-state index contributed by atoms with van der Waals surface area (Å²) in [5.41, 5.74) is 1.65. The van der Waals surface area contributed by atoms with E-state index in [1.165, 1.54) is 22.5 Å². The number of anilines is 1. The summed E-state index contributed by atoms with van der Waals surface area (Å²) in [7, 11) is 0. The summed E-state index contributed by atoms with van der Waals surface area (Å²) in [5.74, 6) is 0.332. The summed E-state index contributed by atoms with van der Waals surface area (Å²) in [5, 5.41) is 5.96. The van der Waals surface area contributed by atoms with Gasteiger partial charge in [0.2, 0.25) is 5.91 Å². The SMILES string of the molecule is Cc1c(Cl)cccc1NC(=O)CSc1ccc2ccccc2c1. The minimum Gasteiger partial charge on any atom is -0.325 e. The van der Waals surface area contributed by atoms with Gasteiger partial charge in [-0.25, -0.2) is 0 Å². The molecule has 0 saturated carbocycles. The van der Waals surface area contributed by atoms with Gasteiger partial charge < -0.3 is 5.32 Å². The summed E-state index contributed by atoms with van der Waals surface area (Å²) in [6.45, 7) is 1.90. The Hall–Kier alpha value is -1.97. The minimum atomic E-state index is -0.0338. The van der Waals surface area contributed by atoms with Crippen molar-refractivity contribution in [2.24, 2.45) is 0 Å². The standard InChI is InChI=1S/C19H16ClNOS/c1-13-17(20)7-4-8-18(13)21-19(22)12-23-16-10-9-14-5-2-3-6-15(14)11-16/h2-11H,12H2,1H3,(H,21,22). The Labute approximate surface area is 144 Å². The lowest BCUT2D eigenvalue weighted by Gasteiger charge is -2.09. The Morgan fingerprint density at radius 1 is 1.04 bits per heavy atom. The van der Waals surface area contributed by atoms with E-state index < -0.39 is 0 Å². The normalized spacial score (nSPS) is 10.7. The van der Waals surface area contributed by atoms with Crippen molar-refractivity contribution in [1.82, 2.24) is 0 Å². The molecule has 4 heteroatoms. The van der Waals surface area contributed by atoms with Crippen molar-refractivity contribution in [1.29, 1.82) is 0 Å². The lowest BCUT2D eigenvalue weighted by Crippen LogP contribution is -2.14. The van der Waals surface area contributed by atoms with Crippen molar-refractivity contribution in [2.45, 2.75) is 11.8 Å². The largest absolute Gasteiger partial charge is 0.325 e. The van der Waals surface area contributed by atoms with Gasteiger partial charge in [0.25, 0.3) is 0 Å². The molecule has 3 aromatic rings. The number of hydrogen-bond donors (Lipinski definition) is 1. The highest BCUT2D eigenvalue weighted by Gasteiger charge is 2.07. The molecule has 3 aromatic carbocycles. The zero-order valence-corrected chi connectivity index (χ0v) is 14.2. The molecule has 116 valence electrons. The number of amides is 1. The summed E-state index contributed by atoms with van der Waals surface area (Å²) in [6.07, 6.45) is 0. The number of hydrogen-bond acceptors (Lipinski definition) is 2. The molecule has 0 atom stereocenters. The zero-order chi connectivity index (χ0) is 16.2. The number of thioether (sulfide) groups is 1. The van der Waals surface area contributed by atoms with Crippen LogP contribution in [0.3, 0.4) is 0 Å². The van der Waals surface area contributed by atoms with Gasteiger partial charge in [-0.3, -0.25) is 4.79 Å². The van der Waals surface area contributed by atoms with E-state index in [1.54, 1.807) is 0 Å². The average Bonchev–Trinajstić information content (AvgIpc) is 2.57. The molecule has 0 aliphatic carbocycles. The second kappa shape index (κ2) is 7.07. The van der Waals surface area contributed by atoms with Gasteiger partial charge in [0.15, 0.2) is 0 Å². The van der Waals surface area contributed by atoms with E-state index in [0.717, 1.165) is 16.1 Å². The Morgan fingerprint density at radius 2 is 1.83 bits per heavy atom. The number of rotatable bonds is 4. The van der Waals surface area contributed by atoms with Gasteiger partial charge in [-0.1, -0.05) is 48.0 Å². The first-order valence-electron chi connectivity index (χ1n) is 7.30. The predicted molar refractivity (Wildman–Crippen MR) is 99.5 cm³/mol. The Balaban J connectivity index is 1.65. The molecule has 0 radical (unpaired) electrons. The Kier molecular flexibility index (Phi) is 4.89. The van der Waals surface area contributed by atoms with Gasteiger partial charge in [0, 0.05) is 15.6 Å². The van der Waals surface area contributed by atoms with E-state index in [2.05, 4.69) is 29.6 Å². The topological polar surface area (TPSA) is 29.1 Å². The molecule has 0 saturated heterocycles. The molecule has 1 amide bonds. The van der Waals surface area contributed by atoms with Crippen LogP contribution in [0.4, 0.5) is 5.69 Å². The fraction of sp³-hybridized carbons (Fsp3) is 0.105. The van der Waals surface area contributed by atoms with E-state index in [1.807, 2.05) is 43.3 Å². The van der Waals surface area contributed by atoms with Gasteiger partial charge >= 0.3 is 0 Å². The number of nitrogens with one attached hydrogen (secondary N) is 1. The third kappa shape index (κ3) is 3.87. The Morgan fingerprint density at radius 3 is 2.65 bits per heavy atom. The Bertz CT molecular complexity index is 863. The second-order valence-corrected chi connectivity index (χ2v) is 6.71. The summed E-state index contributed by atoms with van der Waals surface area (Å²) in [6, 6.07) is 20.0. The summed E-state index contributed by atoms with van der Waals surface area (Å²) in [4.78, 5) is 13.2. The third-order valence-electron chi connectivity index (χ3n) is 3.63. The number of halogens is 1. The van der Waals surface area contributed by atoms with Crippen LogP contribution in [0.15, 0.2) is 65.6 Å². The monoisotopic (exact) mass is 341 g/mol. The smallest absolute Gasteiger partial charge is 0.234 e. The van der Waals surface area contributed by atoms with E-state index >= 15 is 0 Å². The van der Waals surface area contributed by atoms with Crippen LogP contribution in [0, 0.1) is 6.92 Å². The number of fused-ring (bicyclic) bond motifs is 1. The minimum absolute atomic E-state index is 0.0338. The van der Waals surface area contributed by atoms with Crippen molar-refractivity contribution in [3.05, 3.63) is 71.2 Å². The second-order valence-electron chi connectivity index (χ2n) is 5.26. The van der Waals surface area contributed by atoms with Crippen LogP contribution in [0.2, 0.25) is 5.02 Å². The summed E-state index contributed by atoms with van der Waals surface area (Å²) >= 11 is 7.60. The molecule has 0 unspecified atom stereocenters. The number of benzene rings is 3. The van der Waals surface area contributed by atoms with Crippen molar-refractivity contribution >= 4 is 45.7 Å². The molecule has 0 aliphatic heterocycles. The molecule has 2 nitrogen and oxygen atoms in total. The van der Waals surface area contributed by atoms with E-state index in [9.17, 15) is 4.79 Å². The lowest BCUT2D eigenvalue weighted by molar-refractivity contribution is -0.113. The highest BCUT2D eigenvalue weighted by molar-refractivity contribution is 8.00. The molecule has 0 spiro atoms. The van der Waals surface area contributed by atoms with Crippen molar-refractivity contribution in [2.75, 3.05) is 11.1 Å². The highest BCUT2D eigenvalue weighted by Crippen LogP contribution is 2.25. The first-order chi connectivity index (χ1) is 11.1. The van der Waals surface area contributed by atoms with Crippen LogP contribution in [0.5, 0.6) is 0 Å². The highest BCUT2D eigenvalue weighted by atomic mass is 35.5. The lowest BCUT2D eigenvalue weighted by atomic mass is 10.1. The maximum absolute atomic E-state index is 12.1. The predicted octanol–water partition coefficient (Wildman–Crippen LogP) is 5.53. The van der Waals surface area contributed by atoms with Gasteiger partial charge in [0.05, 0.1) is 5.75 Å². The molecule has 23 heavy (non-hydrogen) atoms. The molecule has 0 heterocycles. The average molecular weight is 342 g/mol. The zero-order valence-electron chi connectivity index (χ0n) is 12.7. The van der Waals surface area contributed by atoms with Crippen LogP contribution in [0.25, 0.3) is 10.8 Å². The van der Waals surface area contributed by atoms with Crippen LogP contribution in [-0.2, 0) is 4.79 Å². The molecule has 0 fully saturated rings. The van der Waals surface area contributed by atoms with Crippen LogP contribution >= 0.6 is 23.4 Å². The van der Waals surface area contributed by atoms with Crippen LogP contribution in [-0.4, -0.2) is 11.7 Å². The van der Waals surface area contributed by atoms with Crippen LogP contribution < -0.4 is 5.32 Å². The van der Waals surface area contributed by atoms with Crippen molar-refractivity contribution in [3.63, 3.8) is 0 Å². The van der Waals surface area contributed by atoms with Crippen LogP contribution in [0.1, 0.15) is 5.56 Å². The quantitative estimate of drug-likeness (QED) is 0.632. The van der Waals surface area contributed by atoms with Crippen molar-refractivity contribution < 1.29 is 4.79 Å². The molecular weight excluding hydrogens is 326 g/mol. The van der Waals surface area contributed by atoms with Gasteiger partial charge in [-0.15, -0.1) is 11.8 Å². The van der Waals surface area contributed by atoms with E-state index in [0.29, 0.717) is 10.8 Å². The van der Waals surface area contributed by atoms with Gasteiger partial charge in [-0.05, 0) is 47.5 Å². The number of carbonyl (C=O) groups is 1. The fourth-order valence-corrected chi connectivity index (χ4v) is 3.25. The molecule has 0 bridgehead atoms. The fourth-order valence-electron chi connectivity index (χ4n) is 2.34. The van der Waals surface area contributed by atoms with E-state index in [-0.39, 0.29) is 5.91 Å². The number of carbonyl (C=O) groups excluding carboxylic acids is 1. The van der Waals surface area contributed by atoms with Crippen molar-refractivity contribution in [3.8, 4) is 0 Å². The van der Waals surface area contributed by atoms with Gasteiger partial charge in [-0.2, -0.15) is 0 Å². The van der Waals surface area contributed by atoms with E-state index in [4.69, 9.17) is 11.6 Å². The summed E-state index contributed by atoms with van der Waals surface area (Å²) < 4.78 is 0. The third-order valence-corrected chi connectivity index (χ3v) is 5.04. The first kappa shape index (κ1) is 15.9. The maximum Gasteiger partial charge on any atom is 0.234 e. The molecule has 1 N–H and O–H groups in total. The molecule has 0 aromatic heterocycles. The maximum atomic E-state index is 12.1. The molecular formula is C19H16ClNOS. The molecule has 3 rings (SSSR count). The van der Waals surface area contributed by atoms with Gasteiger partial charge in [0.1, 0.15) is 0 Å². The first-order valence-corrected chi connectivity index (χ1v) is 8.66.